The first kappa shape index (κ1) is 14.5. The lowest BCUT2D eigenvalue weighted by Crippen LogP contribution is -2.17. The fourth-order valence-electron chi connectivity index (χ4n) is 2.65. The van der Waals surface area contributed by atoms with E-state index in [-0.39, 0.29) is 12.0 Å². The molecular formula is C15H17BrN2O3. The van der Waals surface area contributed by atoms with E-state index in [0.717, 1.165) is 41.5 Å². The van der Waals surface area contributed by atoms with Crippen molar-refractivity contribution in [2.24, 2.45) is 0 Å². The second-order valence-electron chi connectivity index (χ2n) is 5.31. The quantitative estimate of drug-likeness (QED) is 0.914. The first-order chi connectivity index (χ1) is 10.2. The molecule has 0 radical (unpaired) electrons. The third-order valence-corrected chi connectivity index (χ3v) is 4.52. The topological polar surface area (TPSA) is 68.4 Å². The van der Waals surface area contributed by atoms with E-state index in [0.29, 0.717) is 11.7 Å². The Morgan fingerprint density at radius 3 is 2.71 bits per heavy atom. The molecule has 0 unspecified atom stereocenters. The molecule has 2 aromatic rings. The minimum absolute atomic E-state index is 0.179. The summed E-state index contributed by atoms with van der Waals surface area (Å²) < 4.78 is 11.5. The van der Waals surface area contributed by atoms with Crippen LogP contribution in [0.3, 0.4) is 0 Å². The first-order valence-electron chi connectivity index (χ1n) is 7.03. The van der Waals surface area contributed by atoms with Crippen LogP contribution in [0.1, 0.15) is 37.5 Å². The lowest BCUT2D eigenvalue weighted by atomic mass is 9.87. The third-order valence-electron chi connectivity index (χ3n) is 3.90. The zero-order valence-corrected chi connectivity index (χ0v) is 13.3. The number of nitrogens with zero attached hydrogens (tertiary/aromatic N) is 2. The van der Waals surface area contributed by atoms with Crippen molar-refractivity contribution in [3.8, 4) is 17.1 Å². The molecule has 3 rings (SSSR count). The molecule has 1 aromatic heterocycles. The highest BCUT2D eigenvalue weighted by Gasteiger charge is 2.25. The number of benzene rings is 1. The molecule has 1 fully saturated rings. The van der Waals surface area contributed by atoms with E-state index in [9.17, 15) is 5.11 Å². The highest BCUT2D eigenvalue weighted by molar-refractivity contribution is 9.10. The van der Waals surface area contributed by atoms with Gasteiger partial charge in [0.2, 0.25) is 11.7 Å². The van der Waals surface area contributed by atoms with Gasteiger partial charge in [0.15, 0.2) is 0 Å². The van der Waals surface area contributed by atoms with Crippen LogP contribution >= 0.6 is 15.9 Å². The second kappa shape index (κ2) is 6.15. The number of methoxy groups -OCH3 is 1. The molecule has 112 valence electrons. The standard InChI is InChI=1S/C15H17BrN2O3/c1-20-13-7-4-10(8-12(13)16)14-17-15(21-18-14)9-2-5-11(19)6-3-9/h4,7-9,11,19H,2-3,5-6H2,1H3. The molecule has 1 saturated carbocycles. The van der Waals surface area contributed by atoms with Gasteiger partial charge >= 0.3 is 0 Å². The molecule has 1 heterocycles. The molecule has 6 heteroatoms. The predicted molar refractivity (Wildman–Crippen MR) is 81.2 cm³/mol. The van der Waals surface area contributed by atoms with Gasteiger partial charge in [0.1, 0.15) is 5.75 Å². The second-order valence-corrected chi connectivity index (χ2v) is 6.17. The molecule has 0 aliphatic heterocycles. The molecule has 1 aromatic carbocycles. The van der Waals surface area contributed by atoms with Gasteiger partial charge in [0.25, 0.3) is 0 Å². The van der Waals surface area contributed by atoms with Crippen molar-refractivity contribution in [1.29, 1.82) is 0 Å². The van der Waals surface area contributed by atoms with E-state index < -0.39 is 0 Å². The van der Waals surface area contributed by atoms with Crippen molar-refractivity contribution in [3.05, 3.63) is 28.6 Å². The largest absolute Gasteiger partial charge is 0.496 e. The van der Waals surface area contributed by atoms with Gasteiger partial charge in [-0.25, -0.2) is 0 Å². The SMILES string of the molecule is COc1ccc(-c2noc(C3CCC(O)CC3)n2)cc1Br. The summed E-state index contributed by atoms with van der Waals surface area (Å²) in [5.41, 5.74) is 0.883. The van der Waals surface area contributed by atoms with Gasteiger partial charge in [0, 0.05) is 11.5 Å². The van der Waals surface area contributed by atoms with Gasteiger partial charge in [0.05, 0.1) is 17.7 Å². The van der Waals surface area contributed by atoms with Crippen LogP contribution in [0.15, 0.2) is 27.2 Å². The zero-order chi connectivity index (χ0) is 14.8. The normalized spacial score (nSPS) is 22.2. The Labute approximate surface area is 131 Å². The summed E-state index contributed by atoms with van der Waals surface area (Å²) in [6.45, 7) is 0. The Balaban J connectivity index is 1.80. The third kappa shape index (κ3) is 3.11. The molecule has 0 spiro atoms. The fourth-order valence-corrected chi connectivity index (χ4v) is 3.19. The fraction of sp³-hybridized carbons (Fsp3) is 0.467. The molecule has 0 amide bonds. The molecule has 0 atom stereocenters. The van der Waals surface area contributed by atoms with Gasteiger partial charge in [-0.15, -0.1) is 0 Å². The Kier molecular flexibility index (Phi) is 4.26. The highest BCUT2D eigenvalue weighted by atomic mass is 79.9. The molecule has 1 aliphatic rings. The van der Waals surface area contributed by atoms with E-state index in [2.05, 4.69) is 26.1 Å². The summed E-state index contributed by atoms with van der Waals surface area (Å²) in [6, 6.07) is 5.69. The molecule has 1 aliphatic carbocycles. The van der Waals surface area contributed by atoms with E-state index in [1.54, 1.807) is 7.11 Å². The Bertz CT molecular complexity index is 621. The predicted octanol–water partition coefficient (Wildman–Crippen LogP) is 3.53. The van der Waals surface area contributed by atoms with Crippen LogP contribution in [0.2, 0.25) is 0 Å². The summed E-state index contributed by atoms with van der Waals surface area (Å²) >= 11 is 3.46. The van der Waals surface area contributed by atoms with Crippen LogP contribution < -0.4 is 4.74 Å². The van der Waals surface area contributed by atoms with E-state index >= 15 is 0 Å². The molecule has 1 N–H and O–H groups in total. The summed E-state index contributed by atoms with van der Waals surface area (Å²) in [5, 5.41) is 13.6. The van der Waals surface area contributed by atoms with Gasteiger partial charge in [-0.3, -0.25) is 0 Å². The monoisotopic (exact) mass is 352 g/mol. The van der Waals surface area contributed by atoms with Crippen LogP contribution in [-0.4, -0.2) is 28.5 Å². The van der Waals surface area contributed by atoms with Gasteiger partial charge in [-0.1, -0.05) is 5.16 Å². The molecule has 0 saturated heterocycles. The van der Waals surface area contributed by atoms with E-state index in [4.69, 9.17) is 9.26 Å². The van der Waals surface area contributed by atoms with Crippen molar-refractivity contribution in [3.63, 3.8) is 0 Å². The number of rotatable bonds is 3. The van der Waals surface area contributed by atoms with E-state index in [1.165, 1.54) is 0 Å². The summed E-state index contributed by atoms with van der Waals surface area (Å²) in [6.07, 6.45) is 3.22. The van der Waals surface area contributed by atoms with Crippen molar-refractivity contribution in [2.75, 3.05) is 7.11 Å². The lowest BCUT2D eigenvalue weighted by Gasteiger charge is -2.22. The Hall–Kier alpha value is -1.40. The molecule has 21 heavy (non-hydrogen) atoms. The van der Waals surface area contributed by atoms with Crippen molar-refractivity contribution in [2.45, 2.75) is 37.7 Å². The van der Waals surface area contributed by atoms with Crippen LogP contribution in [0.25, 0.3) is 11.4 Å². The lowest BCUT2D eigenvalue weighted by molar-refractivity contribution is 0.116. The van der Waals surface area contributed by atoms with Crippen LogP contribution in [0, 0.1) is 0 Å². The number of aromatic nitrogens is 2. The van der Waals surface area contributed by atoms with Gasteiger partial charge in [-0.2, -0.15) is 4.98 Å². The summed E-state index contributed by atoms with van der Waals surface area (Å²) in [4.78, 5) is 4.50. The Morgan fingerprint density at radius 1 is 1.29 bits per heavy atom. The van der Waals surface area contributed by atoms with Gasteiger partial charge < -0.3 is 14.4 Å². The number of aliphatic hydroxyl groups is 1. The average Bonchev–Trinajstić information content (AvgIpc) is 2.98. The summed E-state index contributed by atoms with van der Waals surface area (Å²) in [5.74, 6) is 2.28. The molecular weight excluding hydrogens is 336 g/mol. The maximum atomic E-state index is 9.55. The zero-order valence-electron chi connectivity index (χ0n) is 11.8. The molecule has 5 nitrogen and oxygen atoms in total. The van der Waals surface area contributed by atoms with Crippen molar-refractivity contribution in [1.82, 2.24) is 10.1 Å². The first-order valence-corrected chi connectivity index (χ1v) is 7.82. The maximum Gasteiger partial charge on any atom is 0.230 e. The minimum Gasteiger partial charge on any atom is -0.496 e. The highest BCUT2D eigenvalue weighted by Crippen LogP contribution is 2.34. The maximum absolute atomic E-state index is 9.55. The van der Waals surface area contributed by atoms with Crippen molar-refractivity contribution < 1.29 is 14.4 Å². The minimum atomic E-state index is -0.179. The summed E-state index contributed by atoms with van der Waals surface area (Å²) in [7, 11) is 1.63. The van der Waals surface area contributed by atoms with E-state index in [1.807, 2.05) is 18.2 Å². The van der Waals surface area contributed by atoms with Crippen molar-refractivity contribution >= 4 is 15.9 Å². The van der Waals surface area contributed by atoms with Crippen LogP contribution in [0.5, 0.6) is 5.75 Å². The Morgan fingerprint density at radius 2 is 2.05 bits per heavy atom. The number of halogens is 1. The van der Waals surface area contributed by atoms with Crippen LogP contribution in [-0.2, 0) is 0 Å². The van der Waals surface area contributed by atoms with Gasteiger partial charge in [-0.05, 0) is 59.8 Å². The number of aliphatic hydroxyl groups excluding tert-OH is 1. The van der Waals surface area contributed by atoms with Crippen LogP contribution in [0.4, 0.5) is 0 Å². The molecule has 0 bridgehead atoms. The average molecular weight is 353 g/mol. The number of hydrogen-bond donors (Lipinski definition) is 1. The smallest absolute Gasteiger partial charge is 0.230 e. The number of ether oxygens (including phenoxy) is 1. The number of hydrogen-bond acceptors (Lipinski definition) is 5.